The molecule has 0 unspecified atom stereocenters. The number of nitrogens with zero attached hydrogens (tertiary/aromatic N) is 1. The van der Waals surface area contributed by atoms with Gasteiger partial charge in [0.05, 0.1) is 11.8 Å². The van der Waals surface area contributed by atoms with Crippen LogP contribution in [0.5, 0.6) is 0 Å². The van der Waals surface area contributed by atoms with Crippen molar-refractivity contribution in [2.45, 2.75) is 40.2 Å². The highest BCUT2D eigenvalue weighted by Gasteiger charge is 2.61. The maximum Gasteiger partial charge on any atom is 0.330 e. The summed E-state index contributed by atoms with van der Waals surface area (Å²) in [5, 5.41) is 2.70. The molecule has 3 aliphatic rings. The van der Waals surface area contributed by atoms with Crippen molar-refractivity contribution in [2.24, 2.45) is 29.6 Å². The molecule has 1 saturated carbocycles. The average molecular weight is 424 g/mol. The Hall–Kier alpha value is -2.96. The van der Waals surface area contributed by atoms with Crippen LogP contribution in [0.4, 0.5) is 5.69 Å². The second kappa shape index (κ2) is 7.94. The smallest absolute Gasteiger partial charge is 0.330 e. The summed E-state index contributed by atoms with van der Waals surface area (Å²) in [7, 11) is 0. The second-order valence-corrected chi connectivity index (χ2v) is 9.19. The minimum atomic E-state index is -1.03. The van der Waals surface area contributed by atoms with Gasteiger partial charge in [-0.1, -0.05) is 32.1 Å². The molecule has 5 atom stereocenters. The van der Waals surface area contributed by atoms with Crippen LogP contribution in [-0.4, -0.2) is 41.2 Å². The molecule has 2 fully saturated rings. The van der Waals surface area contributed by atoms with Gasteiger partial charge in [0.1, 0.15) is 6.04 Å². The fourth-order valence-corrected chi connectivity index (χ4v) is 5.11. The van der Waals surface area contributed by atoms with Crippen LogP contribution in [0.25, 0.3) is 0 Å². The van der Waals surface area contributed by atoms with Gasteiger partial charge in [0.15, 0.2) is 6.61 Å². The fraction of sp³-hybridized carbons (Fsp3) is 0.500. The number of amides is 3. The van der Waals surface area contributed by atoms with Gasteiger partial charge in [0, 0.05) is 5.69 Å². The van der Waals surface area contributed by atoms with E-state index in [1.165, 1.54) is 0 Å². The monoisotopic (exact) mass is 424 g/mol. The fourth-order valence-electron chi connectivity index (χ4n) is 5.11. The predicted molar refractivity (Wildman–Crippen MR) is 114 cm³/mol. The Labute approximate surface area is 181 Å². The van der Waals surface area contributed by atoms with E-state index in [1.54, 1.807) is 19.9 Å². The number of esters is 1. The third-order valence-electron chi connectivity index (χ3n) is 6.79. The van der Waals surface area contributed by atoms with Crippen molar-refractivity contribution in [3.05, 3.63) is 41.5 Å². The standard InChI is InChI=1S/C24H28N2O5/c1-12(2)21(26-22(28)19-15-6-7-16(10-15)20(19)23(26)29)24(30)31-11-18(27)25-17-8-5-13(3)14(4)9-17/h5-9,12,15-16,19-21H,10-11H2,1-4H3,(H,25,27)/t15-,16-,19-,20-,21-/m0/s1. The number of rotatable bonds is 6. The predicted octanol–water partition coefficient (Wildman–Crippen LogP) is 2.62. The number of ether oxygens (including phenoxy) is 1. The van der Waals surface area contributed by atoms with Crippen LogP contribution >= 0.6 is 0 Å². The Morgan fingerprint density at radius 3 is 2.23 bits per heavy atom. The van der Waals surface area contributed by atoms with E-state index in [4.69, 9.17) is 4.74 Å². The molecule has 1 aromatic rings. The second-order valence-electron chi connectivity index (χ2n) is 9.19. The van der Waals surface area contributed by atoms with Crippen molar-refractivity contribution in [3.63, 3.8) is 0 Å². The van der Waals surface area contributed by atoms with Crippen LogP contribution in [0.15, 0.2) is 30.4 Å². The zero-order valence-electron chi connectivity index (χ0n) is 18.3. The zero-order valence-corrected chi connectivity index (χ0v) is 18.3. The number of hydrogen-bond acceptors (Lipinski definition) is 5. The van der Waals surface area contributed by atoms with Crippen molar-refractivity contribution in [2.75, 3.05) is 11.9 Å². The highest BCUT2D eigenvalue weighted by molar-refractivity contribution is 6.09. The van der Waals surface area contributed by atoms with Gasteiger partial charge >= 0.3 is 5.97 Å². The lowest BCUT2D eigenvalue weighted by Gasteiger charge is -2.28. The number of hydrogen-bond donors (Lipinski definition) is 1. The summed E-state index contributed by atoms with van der Waals surface area (Å²) in [5.41, 5.74) is 2.76. The first kappa shape index (κ1) is 21.3. The summed E-state index contributed by atoms with van der Waals surface area (Å²) in [6.07, 6.45) is 4.86. The number of carbonyl (C=O) groups excluding carboxylic acids is 4. The minimum absolute atomic E-state index is 0.0732. The van der Waals surface area contributed by atoms with E-state index in [9.17, 15) is 19.2 Å². The summed E-state index contributed by atoms with van der Waals surface area (Å²) >= 11 is 0. The summed E-state index contributed by atoms with van der Waals surface area (Å²) in [4.78, 5) is 52.3. The molecule has 1 N–H and O–H groups in total. The number of aryl methyl sites for hydroxylation is 2. The molecule has 31 heavy (non-hydrogen) atoms. The summed E-state index contributed by atoms with van der Waals surface area (Å²) in [5.74, 6) is -2.70. The Morgan fingerprint density at radius 1 is 1.06 bits per heavy atom. The number of nitrogens with one attached hydrogen (secondary N) is 1. The summed E-state index contributed by atoms with van der Waals surface area (Å²) < 4.78 is 5.24. The van der Waals surface area contributed by atoms with Crippen molar-refractivity contribution < 1.29 is 23.9 Å². The number of benzene rings is 1. The third-order valence-corrected chi connectivity index (χ3v) is 6.79. The lowest BCUT2D eigenvalue weighted by atomic mass is 9.85. The highest BCUT2D eigenvalue weighted by atomic mass is 16.5. The molecule has 0 spiro atoms. The topological polar surface area (TPSA) is 92.8 Å². The molecule has 1 saturated heterocycles. The molecule has 1 aliphatic heterocycles. The number of anilines is 1. The van der Waals surface area contributed by atoms with Gasteiger partial charge in [-0.05, 0) is 61.3 Å². The Kier molecular flexibility index (Phi) is 5.45. The number of carbonyl (C=O) groups is 4. The van der Waals surface area contributed by atoms with E-state index in [0.717, 1.165) is 22.4 Å². The van der Waals surface area contributed by atoms with Crippen LogP contribution in [0.2, 0.25) is 0 Å². The molecule has 4 rings (SSSR count). The van der Waals surface area contributed by atoms with Crippen molar-refractivity contribution in [1.29, 1.82) is 0 Å². The summed E-state index contributed by atoms with van der Waals surface area (Å²) in [6, 6.07) is 4.49. The number of likely N-dealkylation sites (tertiary alicyclic amines) is 1. The van der Waals surface area contributed by atoms with Crippen molar-refractivity contribution in [1.82, 2.24) is 4.90 Å². The van der Waals surface area contributed by atoms with Crippen LogP contribution in [0, 0.1) is 43.4 Å². The number of imide groups is 1. The molecule has 7 heteroatoms. The van der Waals surface area contributed by atoms with Crippen LogP contribution in [0.1, 0.15) is 31.4 Å². The van der Waals surface area contributed by atoms with E-state index in [-0.39, 0.29) is 41.4 Å². The SMILES string of the molecule is Cc1ccc(NC(=O)COC(=O)[C@H](C(C)C)N2C(=O)[C@@H]3[C@@H](C2=O)[C@H]2C=C[C@H]3C2)cc1C. The maximum atomic E-state index is 13.1. The normalized spacial score (nSPS) is 27.1. The first-order chi connectivity index (χ1) is 14.7. The molecule has 3 amide bonds. The molecule has 2 bridgehead atoms. The largest absolute Gasteiger partial charge is 0.454 e. The van der Waals surface area contributed by atoms with E-state index < -0.39 is 24.5 Å². The Balaban J connectivity index is 1.41. The van der Waals surface area contributed by atoms with Crippen molar-refractivity contribution in [3.8, 4) is 0 Å². The van der Waals surface area contributed by atoms with Gasteiger partial charge in [0.2, 0.25) is 11.8 Å². The van der Waals surface area contributed by atoms with E-state index in [2.05, 4.69) is 5.32 Å². The maximum absolute atomic E-state index is 13.1. The van der Waals surface area contributed by atoms with E-state index >= 15 is 0 Å². The van der Waals surface area contributed by atoms with Crippen LogP contribution in [0.3, 0.4) is 0 Å². The molecule has 164 valence electrons. The van der Waals surface area contributed by atoms with Gasteiger partial charge < -0.3 is 10.1 Å². The van der Waals surface area contributed by atoms with Crippen LogP contribution in [-0.2, 0) is 23.9 Å². The number of fused-ring (bicyclic) bond motifs is 5. The number of allylic oxidation sites excluding steroid dienone is 2. The summed E-state index contributed by atoms with van der Waals surface area (Å²) in [6.45, 7) is 6.97. The van der Waals surface area contributed by atoms with E-state index in [0.29, 0.717) is 5.69 Å². The first-order valence-electron chi connectivity index (χ1n) is 10.8. The van der Waals surface area contributed by atoms with Gasteiger partial charge in [0.25, 0.3) is 5.91 Å². The van der Waals surface area contributed by atoms with E-state index in [1.807, 2.05) is 38.1 Å². The molecule has 2 aliphatic carbocycles. The molecule has 1 aromatic carbocycles. The minimum Gasteiger partial charge on any atom is -0.454 e. The first-order valence-corrected chi connectivity index (χ1v) is 10.8. The molecular weight excluding hydrogens is 396 g/mol. The average Bonchev–Trinajstić information content (AvgIpc) is 3.39. The molecule has 1 heterocycles. The Bertz CT molecular complexity index is 952. The zero-order chi connectivity index (χ0) is 22.4. The molecular formula is C24H28N2O5. The van der Waals surface area contributed by atoms with Crippen LogP contribution < -0.4 is 5.32 Å². The highest BCUT2D eigenvalue weighted by Crippen LogP contribution is 2.53. The van der Waals surface area contributed by atoms with Crippen molar-refractivity contribution >= 4 is 29.4 Å². The lowest BCUT2D eigenvalue weighted by molar-refractivity contribution is -0.162. The quantitative estimate of drug-likeness (QED) is 0.431. The molecule has 0 radical (unpaired) electrons. The molecule has 0 aromatic heterocycles. The Morgan fingerprint density at radius 2 is 1.68 bits per heavy atom. The van der Waals surface area contributed by atoms with Gasteiger partial charge in [-0.2, -0.15) is 0 Å². The third kappa shape index (κ3) is 3.66. The lowest BCUT2D eigenvalue weighted by Crippen LogP contribution is -2.50. The van der Waals surface area contributed by atoms with Gasteiger partial charge in [-0.15, -0.1) is 0 Å². The van der Waals surface area contributed by atoms with Gasteiger partial charge in [-0.25, -0.2) is 4.79 Å². The molecule has 7 nitrogen and oxygen atoms in total. The van der Waals surface area contributed by atoms with Gasteiger partial charge in [-0.3, -0.25) is 19.3 Å².